The summed E-state index contributed by atoms with van der Waals surface area (Å²) < 4.78 is 1.79. The Bertz CT molecular complexity index is 1110. The number of piperidine rings is 1. The molecule has 1 atom stereocenters. The maximum Gasteiger partial charge on any atom is 0.330 e. The van der Waals surface area contributed by atoms with E-state index < -0.39 is 0 Å². The molecule has 1 saturated heterocycles. The molecule has 2 aliphatic rings. The third-order valence-electron chi connectivity index (χ3n) is 6.07. The first-order valence-corrected chi connectivity index (χ1v) is 10.3. The van der Waals surface area contributed by atoms with Crippen molar-refractivity contribution in [2.75, 3.05) is 26.2 Å². The van der Waals surface area contributed by atoms with Crippen LogP contribution >= 0.6 is 0 Å². The van der Waals surface area contributed by atoms with Crippen LogP contribution in [0.1, 0.15) is 38.3 Å². The van der Waals surface area contributed by atoms with Crippen molar-refractivity contribution in [3.05, 3.63) is 39.3 Å². The van der Waals surface area contributed by atoms with Crippen molar-refractivity contribution in [1.29, 1.82) is 0 Å². The van der Waals surface area contributed by atoms with Crippen LogP contribution in [0.5, 0.6) is 0 Å². The first-order valence-electron chi connectivity index (χ1n) is 10.3. The summed E-state index contributed by atoms with van der Waals surface area (Å²) in [5, 5.41) is 4.83. The van der Waals surface area contributed by atoms with Gasteiger partial charge in [-0.3, -0.25) is 19.2 Å². The number of pyridine rings is 1. The van der Waals surface area contributed by atoms with Crippen LogP contribution in [0.2, 0.25) is 0 Å². The number of likely N-dealkylation sites (tertiary alicyclic amines) is 1. The van der Waals surface area contributed by atoms with Gasteiger partial charge >= 0.3 is 5.69 Å². The average Bonchev–Trinajstić information content (AvgIpc) is 3.39. The molecule has 1 unspecified atom stereocenters. The second kappa shape index (κ2) is 7.18. The van der Waals surface area contributed by atoms with Crippen LogP contribution in [0.4, 0.5) is 0 Å². The van der Waals surface area contributed by atoms with Gasteiger partial charge in [0, 0.05) is 37.4 Å². The maximum absolute atomic E-state index is 12.9. The van der Waals surface area contributed by atoms with E-state index in [0.29, 0.717) is 16.6 Å². The Hall–Kier alpha value is -2.45. The summed E-state index contributed by atoms with van der Waals surface area (Å²) in [6.07, 6.45) is 9.11. The zero-order chi connectivity index (χ0) is 19.1. The van der Waals surface area contributed by atoms with Gasteiger partial charge in [-0.15, -0.1) is 0 Å². The Morgan fingerprint density at radius 2 is 2.07 bits per heavy atom. The molecule has 1 aliphatic heterocycles. The predicted molar refractivity (Wildman–Crippen MR) is 109 cm³/mol. The summed E-state index contributed by atoms with van der Waals surface area (Å²) in [5.41, 5.74) is 0.664. The molecule has 0 spiro atoms. The van der Waals surface area contributed by atoms with Crippen LogP contribution in [0.15, 0.2) is 28.0 Å². The molecule has 28 heavy (non-hydrogen) atoms. The molecule has 1 saturated carbocycles. The highest BCUT2D eigenvalue weighted by Gasteiger charge is 2.27. The molecule has 148 valence electrons. The Labute approximate surface area is 162 Å². The fourth-order valence-corrected chi connectivity index (χ4v) is 4.41. The normalized spacial score (nSPS) is 20.9. The van der Waals surface area contributed by atoms with Crippen molar-refractivity contribution >= 4 is 21.9 Å². The SMILES string of the molecule is O=c1[nH]c(=O)n(C2CCCCN2CCNCC2CC2)c2c1cnc1[nH]ccc12. The lowest BCUT2D eigenvalue weighted by atomic mass is 10.1. The number of rotatable bonds is 6. The molecule has 5 rings (SSSR count). The van der Waals surface area contributed by atoms with Crippen molar-refractivity contribution < 1.29 is 0 Å². The lowest BCUT2D eigenvalue weighted by molar-refractivity contribution is 0.0960. The van der Waals surface area contributed by atoms with E-state index in [1.54, 1.807) is 17.0 Å². The van der Waals surface area contributed by atoms with E-state index in [9.17, 15) is 9.59 Å². The fourth-order valence-electron chi connectivity index (χ4n) is 4.41. The van der Waals surface area contributed by atoms with Crippen molar-refractivity contribution in [2.45, 2.75) is 38.3 Å². The second-order valence-electron chi connectivity index (χ2n) is 8.05. The van der Waals surface area contributed by atoms with Crippen LogP contribution < -0.4 is 16.6 Å². The van der Waals surface area contributed by atoms with Gasteiger partial charge in [-0.05, 0) is 50.6 Å². The lowest BCUT2D eigenvalue weighted by Gasteiger charge is -2.37. The molecule has 2 fully saturated rings. The zero-order valence-electron chi connectivity index (χ0n) is 15.9. The molecule has 0 amide bonds. The molecular weight excluding hydrogens is 356 g/mol. The minimum absolute atomic E-state index is 0.0520. The maximum atomic E-state index is 12.9. The highest BCUT2D eigenvalue weighted by atomic mass is 16.2. The highest BCUT2D eigenvalue weighted by molar-refractivity contribution is 6.01. The van der Waals surface area contributed by atoms with Crippen LogP contribution in [0.3, 0.4) is 0 Å². The Morgan fingerprint density at radius 1 is 1.18 bits per heavy atom. The molecule has 8 heteroatoms. The molecule has 0 aromatic carbocycles. The van der Waals surface area contributed by atoms with E-state index in [1.165, 1.54) is 12.8 Å². The zero-order valence-corrected chi connectivity index (χ0v) is 15.9. The van der Waals surface area contributed by atoms with Gasteiger partial charge in [0.2, 0.25) is 0 Å². The highest BCUT2D eigenvalue weighted by Crippen LogP contribution is 2.29. The molecule has 3 N–H and O–H groups in total. The molecular formula is C20H26N6O2. The molecule has 8 nitrogen and oxygen atoms in total. The van der Waals surface area contributed by atoms with E-state index in [0.717, 1.165) is 56.7 Å². The minimum atomic E-state index is -0.375. The molecule has 1 aliphatic carbocycles. The molecule has 3 aromatic rings. The van der Waals surface area contributed by atoms with Gasteiger partial charge in [0.15, 0.2) is 0 Å². The van der Waals surface area contributed by atoms with Crippen LogP contribution in [0.25, 0.3) is 21.9 Å². The first kappa shape index (κ1) is 17.6. The number of fused-ring (bicyclic) bond motifs is 3. The lowest BCUT2D eigenvalue weighted by Crippen LogP contribution is -2.45. The van der Waals surface area contributed by atoms with Crippen molar-refractivity contribution in [2.24, 2.45) is 5.92 Å². The van der Waals surface area contributed by atoms with Gasteiger partial charge in [0.05, 0.1) is 17.1 Å². The van der Waals surface area contributed by atoms with E-state index in [2.05, 4.69) is 25.2 Å². The molecule has 3 aromatic heterocycles. The van der Waals surface area contributed by atoms with Crippen LogP contribution in [-0.2, 0) is 0 Å². The van der Waals surface area contributed by atoms with Gasteiger partial charge < -0.3 is 10.3 Å². The summed E-state index contributed by atoms with van der Waals surface area (Å²) >= 11 is 0. The van der Waals surface area contributed by atoms with Gasteiger partial charge in [0.1, 0.15) is 5.65 Å². The Kier molecular flexibility index (Phi) is 4.52. The smallest absolute Gasteiger partial charge is 0.330 e. The van der Waals surface area contributed by atoms with Crippen molar-refractivity contribution in [3.8, 4) is 0 Å². The molecule has 4 heterocycles. The second-order valence-corrected chi connectivity index (χ2v) is 8.05. The predicted octanol–water partition coefficient (Wildman–Crippen LogP) is 1.55. The number of aromatic nitrogens is 4. The number of nitrogens with zero attached hydrogens (tertiary/aromatic N) is 3. The van der Waals surface area contributed by atoms with Gasteiger partial charge in [-0.2, -0.15) is 0 Å². The van der Waals surface area contributed by atoms with E-state index >= 15 is 0 Å². The summed E-state index contributed by atoms with van der Waals surface area (Å²) in [4.78, 5) is 37.7. The standard InChI is InChI=1S/C20H26N6O2/c27-19-15-12-23-18-14(6-7-22-18)17(15)26(20(28)24-19)16-3-1-2-9-25(16)10-8-21-11-13-4-5-13/h6-7,12-13,16,21H,1-5,8-11H2,(H,22,23)(H,24,27,28). The van der Waals surface area contributed by atoms with E-state index in [1.807, 2.05) is 6.07 Å². The third kappa shape index (κ3) is 3.16. The number of aromatic amines is 2. The molecule has 0 radical (unpaired) electrons. The van der Waals surface area contributed by atoms with Gasteiger partial charge in [-0.25, -0.2) is 9.78 Å². The minimum Gasteiger partial charge on any atom is -0.346 e. The van der Waals surface area contributed by atoms with Crippen LogP contribution in [-0.4, -0.2) is 50.6 Å². The van der Waals surface area contributed by atoms with E-state index in [4.69, 9.17) is 0 Å². The quantitative estimate of drug-likeness (QED) is 0.562. The summed E-state index contributed by atoms with van der Waals surface area (Å²) in [7, 11) is 0. The largest absolute Gasteiger partial charge is 0.346 e. The van der Waals surface area contributed by atoms with Gasteiger partial charge in [0.25, 0.3) is 5.56 Å². The Morgan fingerprint density at radius 3 is 2.93 bits per heavy atom. The summed E-state index contributed by atoms with van der Waals surface area (Å²) in [5.74, 6) is 0.859. The number of hydrogen-bond acceptors (Lipinski definition) is 5. The number of nitrogens with one attached hydrogen (secondary N) is 3. The topological polar surface area (TPSA) is 98.8 Å². The van der Waals surface area contributed by atoms with Crippen LogP contribution in [0, 0.1) is 5.92 Å². The van der Waals surface area contributed by atoms with Crippen molar-refractivity contribution in [1.82, 2.24) is 29.7 Å². The monoisotopic (exact) mass is 382 g/mol. The fraction of sp³-hybridized carbons (Fsp3) is 0.550. The first-order chi connectivity index (χ1) is 13.7. The third-order valence-corrected chi connectivity index (χ3v) is 6.07. The van der Waals surface area contributed by atoms with E-state index in [-0.39, 0.29) is 17.4 Å². The van der Waals surface area contributed by atoms with Gasteiger partial charge in [-0.1, -0.05) is 0 Å². The number of H-pyrrole nitrogens is 2. The average molecular weight is 382 g/mol. The summed E-state index contributed by atoms with van der Waals surface area (Å²) in [6.45, 7) is 3.87. The Balaban J connectivity index is 1.54. The molecule has 0 bridgehead atoms. The van der Waals surface area contributed by atoms with Crippen molar-refractivity contribution in [3.63, 3.8) is 0 Å². The summed E-state index contributed by atoms with van der Waals surface area (Å²) in [6, 6.07) is 1.89. The number of hydrogen-bond donors (Lipinski definition) is 3.